The van der Waals surface area contributed by atoms with Gasteiger partial charge in [0, 0.05) is 17.4 Å². The van der Waals surface area contributed by atoms with Crippen molar-refractivity contribution in [1.29, 1.82) is 0 Å². The molecule has 2 heterocycles. The molecule has 0 aliphatic carbocycles. The van der Waals surface area contributed by atoms with Crippen LogP contribution in [0, 0.1) is 0 Å². The van der Waals surface area contributed by atoms with Gasteiger partial charge in [0.25, 0.3) is 0 Å². The molecule has 0 N–H and O–H groups in total. The van der Waals surface area contributed by atoms with E-state index < -0.39 is 0 Å². The van der Waals surface area contributed by atoms with Gasteiger partial charge in [0.05, 0.1) is 17.9 Å². The number of rotatable bonds is 0. The maximum Gasteiger partial charge on any atom is 0.0818 e. The van der Waals surface area contributed by atoms with Gasteiger partial charge in [-0.1, -0.05) is 30.4 Å². The maximum atomic E-state index is 4.58. The van der Waals surface area contributed by atoms with E-state index in [0.717, 1.165) is 11.4 Å². The molecule has 72 valence electrons. The van der Waals surface area contributed by atoms with E-state index in [1.807, 2.05) is 36.6 Å². The number of nitrogens with zero attached hydrogens (tertiary/aromatic N) is 2. The van der Waals surface area contributed by atoms with Crippen LogP contribution in [-0.4, -0.2) is 18.5 Å². The van der Waals surface area contributed by atoms with Crippen LogP contribution in [0.3, 0.4) is 0 Å². The molecule has 0 fully saturated rings. The third-order valence-corrected chi connectivity index (χ3v) is 2.57. The molecule has 0 saturated heterocycles. The van der Waals surface area contributed by atoms with E-state index >= 15 is 0 Å². The first-order valence-corrected chi connectivity index (χ1v) is 4.99. The third kappa shape index (κ3) is 1.34. The molecule has 0 aromatic heterocycles. The lowest BCUT2D eigenvalue weighted by molar-refractivity contribution is 1.32. The molecule has 1 aromatic carbocycles. The molecule has 3 rings (SSSR count). The minimum absolute atomic E-state index is 0.671. The average Bonchev–Trinajstić information content (AvgIpc) is 2.55. The van der Waals surface area contributed by atoms with E-state index in [0.29, 0.717) is 6.54 Å². The summed E-state index contributed by atoms with van der Waals surface area (Å²) in [6.45, 7) is 0.671. The average molecular weight is 194 g/mol. The summed E-state index contributed by atoms with van der Waals surface area (Å²) in [6.07, 6.45) is 7.88. The minimum Gasteiger partial charge on any atom is -0.287 e. The summed E-state index contributed by atoms with van der Waals surface area (Å²) < 4.78 is 0. The van der Waals surface area contributed by atoms with E-state index in [-0.39, 0.29) is 0 Å². The Labute approximate surface area is 88.4 Å². The Balaban J connectivity index is 2.18. The van der Waals surface area contributed by atoms with Gasteiger partial charge in [-0.2, -0.15) is 0 Å². The zero-order valence-corrected chi connectivity index (χ0v) is 8.22. The summed E-state index contributed by atoms with van der Waals surface area (Å²) in [6, 6.07) is 8.21. The molecule has 0 unspecified atom stereocenters. The van der Waals surface area contributed by atoms with Crippen LogP contribution in [0.25, 0.3) is 5.57 Å². The monoisotopic (exact) mass is 194 g/mol. The van der Waals surface area contributed by atoms with Crippen LogP contribution in [0.1, 0.15) is 5.56 Å². The first kappa shape index (κ1) is 8.36. The van der Waals surface area contributed by atoms with Crippen molar-refractivity contribution in [2.75, 3.05) is 6.54 Å². The number of fused-ring (bicyclic) bond motifs is 3. The summed E-state index contributed by atoms with van der Waals surface area (Å²) in [7, 11) is 0. The highest BCUT2D eigenvalue weighted by molar-refractivity contribution is 6.30. The fourth-order valence-corrected chi connectivity index (χ4v) is 1.87. The van der Waals surface area contributed by atoms with Crippen molar-refractivity contribution in [3.8, 4) is 0 Å². The van der Waals surface area contributed by atoms with Crippen molar-refractivity contribution in [2.45, 2.75) is 0 Å². The van der Waals surface area contributed by atoms with E-state index in [9.17, 15) is 0 Å². The van der Waals surface area contributed by atoms with Gasteiger partial charge in [-0.3, -0.25) is 9.98 Å². The fourth-order valence-electron chi connectivity index (χ4n) is 1.87. The molecule has 0 bridgehead atoms. The lowest BCUT2D eigenvalue weighted by Gasteiger charge is -2.02. The van der Waals surface area contributed by atoms with Crippen molar-refractivity contribution in [3.05, 3.63) is 48.1 Å². The molecular weight excluding hydrogens is 184 g/mol. The predicted octanol–water partition coefficient (Wildman–Crippen LogP) is 2.80. The summed E-state index contributed by atoms with van der Waals surface area (Å²) in [5.41, 5.74) is 4.55. The lowest BCUT2D eigenvalue weighted by Crippen LogP contribution is -2.02. The molecule has 1 aromatic rings. The minimum atomic E-state index is 0.671. The number of hydrogen-bond donors (Lipinski definition) is 0. The molecule has 0 amide bonds. The molecular formula is C13H10N2. The smallest absolute Gasteiger partial charge is 0.0818 e. The second kappa shape index (κ2) is 3.31. The number of para-hydroxylation sites is 1. The quantitative estimate of drug-likeness (QED) is 0.606. The Hall–Kier alpha value is -1.96. The second-order valence-electron chi connectivity index (χ2n) is 3.53. The molecule has 2 aliphatic rings. The summed E-state index contributed by atoms with van der Waals surface area (Å²) in [4.78, 5) is 8.85. The lowest BCUT2D eigenvalue weighted by atomic mass is 10.0. The standard InChI is InChI=1S/C13H10N2/c1-2-7-12-10(5-1)11-6-3-4-8-14-9-13(11)15-12/h1-8H,9H2/b4-3-,11-6-,14-8?. The molecule has 15 heavy (non-hydrogen) atoms. The molecule has 2 aliphatic heterocycles. The maximum absolute atomic E-state index is 4.58. The Morgan fingerprint density at radius 1 is 1.07 bits per heavy atom. The second-order valence-corrected chi connectivity index (χ2v) is 3.53. The largest absolute Gasteiger partial charge is 0.287 e. The van der Waals surface area contributed by atoms with Crippen molar-refractivity contribution < 1.29 is 0 Å². The van der Waals surface area contributed by atoms with Gasteiger partial charge < -0.3 is 0 Å². The van der Waals surface area contributed by atoms with Crippen LogP contribution in [-0.2, 0) is 0 Å². The first-order chi connectivity index (χ1) is 7.45. The summed E-state index contributed by atoms with van der Waals surface area (Å²) in [5.74, 6) is 0. The summed E-state index contributed by atoms with van der Waals surface area (Å²) in [5, 5.41) is 0. The van der Waals surface area contributed by atoms with Crippen molar-refractivity contribution in [3.63, 3.8) is 0 Å². The number of allylic oxidation sites excluding steroid dienone is 3. The Kier molecular flexibility index (Phi) is 1.85. The van der Waals surface area contributed by atoms with Crippen molar-refractivity contribution in [1.82, 2.24) is 0 Å². The highest BCUT2D eigenvalue weighted by Crippen LogP contribution is 2.34. The van der Waals surface area contributed by atoms with E-state index in [1.54, 1.807) is 0 Å². The van der Waals surface area contributed by atoms with Gasteiger partial charge in [0.15, 0.2) is 0 Å². The predicted molar refractivity (Wildman–Crippen MR) is 64.0 cm³/mol. The number of benzene rings is 1. The van der Waals surface area contributed by atoms with Gasteiger partial charge in [-0.05, 0) is 12.1 Å². The number of aliphatic imine (C=N–C) groups is 2. The zero-order chi connectivity index (χ0) is 10.1. The molecule has 0 saturated carbocycles. The van der Waals surface area contributed by atoms with Crippen molar-refractivity contribution in [2.24, 2.45) is 9.98 Å². The van der Waals surface area contributed by atoms with Crippen molar-refractivity contribution >= 4 is 23.2 Å². The fraction of sp³-hybridized carbons (Fsp3) is 0.0769. The van der Waals surface area contributed by atoms with Crippen LogP contribution in [0.2, 0.25) is 0 Å². The van der Waals surface area contributed by atoms with E-state index in [2.05, 4.69) is 22.1 Å². The highest BCUT2D eigenvalue weighted by atomic mass is 14.8. The van der Waals surface area contributed by atoms with Gasteiger partial charge in [0.1, 0.15) is 0 Å². The highest BCUT2D eigenvalue weighted by Gasteiger charge is 2.19. The van der Waals surface area contributed by atoms with Crippen LogP contribution < -0.4 is 0 Å². The SMILES string of the molecule is C1=NCC2=Nc3ccccc3/C2=C/C=C\1. The zero-order valence-electron chi connectivity index (χ0n) is 8.22. The van der Waals surface area contributed by atoms with Gasteiger partial charge in [0.2, 0.25) is 0 Å². The molecule has 0 atom stereocenters. The van der Waals surface area contributed by atoms with Crippen LogP contribution in [0.15, 0.2) is 52.5 Å². The van der Waals surface area contributed by atoms with Gasteiger partial charge in [-0.15, -0.1) is 0 Å². The Morgan fingerprint density at radius 3 is 3.00 bits per heavy atom. The van der Waals surface area contributed by atoms with Gasteiger partial charge >= 0.3 is 0 Å². The van der Waals surface area contributed by atoms with Crippen LogP contribution >= 0.6 is 0 Å². The normalized spacial score (nSPS) is 22.9. The van der Waals surface area contributed by atoms with Crippen LogP contribution in [0.5, 0.6) is 0 Å². The third-order valence-electron chi connectivity index (χ3n) is 2.57. The first-order valence-electron chi connectivity index (χ1n) is 4.99. The molecule has 0 radical (unpaired) electrons. The molecule has 2 nitrogen and oxygen atoms in total. The van der Waals surface area contributed by atoms with E-state index in [4.69, 9.17) is 0 Å². The van der Waals surface area contributed by atoms with Crippen LogP contribution in [0.4, 0.5) is 5.69 Å². The van der Waals surface area contributed by atoms with E-state index in [1.165, 1.54) is 11.1 Å². The molecule has 2 heteroatoms. The Morgan fingerprint density at radius 2 is 2.00 bits per heavy atom. The van der Waals surface area contributed by atoms with Gasteiger partial charge in [-0.25, -0.2) is 0 Å². The summed E-state index contributed by atoms with van der Waals surface area (Å²) >= 11 is 0. The molecule has 0 spiro atoms. The topological polar surface area (TPSA) is 24.7 Å². The Bertz CT molecular complexity index is 519. The number of hydrogen-bond acceptors (Lipinski definition) is 2.